The van der Waals surface area contributed by atoms with E-state index in [-0.39, 0.29) is 32.7 Å². The van der Waals surface area contributed by atoms with Gasteiger partial charge in [0.2, 0.25) is 0 Å². The van der Waals surface area contributed by atoms with Crippen molar-refractivity contribution in [3.8, 4) is 6.07 Å². The molecule has 0 aromatic carbocycles. The average Bonchev–Trinajstić information content (AvgIpc) is 1.83. The summed E-state index contributed by atoms with van der Waals surface area (Å²) >= 11 is 0. The van der Waals surface area contributed by atoms with Gasteiger partial charge in [-0.1, -0.05) is 0 Å². The second-order valence-corrected chi connectivity index (χ2v) is 1.10. The zero-order valence-electron chi connectivity index (χ0n) is 5.18. The van der Waals surface area contributed by atoms with Gasteiger partial charge in [-0.25, -0.2) is 0 Å². The Morgan fingerprint density at radius 1 is 1.78 bits per heavy atom. The third-order valence-corrected chi connectivity index (χ3v) is 0.565. The van der Waals surface area contributed by atoms with Crippen molar-refractivity contribution >= 4 is 0 Å². The molecule has 0 fully saturated rings. The van der Waals surface area contributed by atoms with Crippen molar-refractivity contribution in [2.75, 3.05) is 0 Å². The van der Waals surface area contributed by atoms with E-state index in [1.807, 2.05) is 6.07 Å². The van der Waals surface area contributed by atoms with Crippen LogP contribution < -0.4 is 5.73 Å². The number of nitrogens with zero attached hydrogens (tertiary/aromatic N) is 1. The maximum atomic E-state index is 8.16. The van der Waals surface area contributed by atoms with Crippen molar-refractivity contribution in [3.05, 3.63) is 23.9 Å². The largest absolute Gasteiger partial charge is 0.476 e. The number of hydrogen-bond donors (Lipinski definition) is 1. The van der Waals surface area contributed by atoms with Gasteiger partial charge >= 0.3 is 0 Å². The number of hydrogen-bond acceptors (Lipinski definition) is 2. The predicted octanol–water partition coefficient (Wildman–Crippen LogP) is 0.533. The summed E-state index contributed by atoms with van der Waals surface area (Å²) in [6.45, 7) is 1.69. The first-order valence-electron chi connectivity index (χ1n) is 2.09. The SMILES string of the molecule is C[C-]=CC(C#N)=[C-]N.[Y]. The molecule has 0 heterocycles. The van der Waals surface area contributed by atoms with Crippen molar-refractivity contribution in [1.29, 1.82) is 5.26 Å². The van der Waals surface area contributed by atoms with Crippen LogP contribution in [0.4, 0.5) is 0 Å². The second kappa shape index (κ2) is 7.87. The van der Waals surface area contributed by atoms with E-state index in [1.54, 1.807) is 6.92 Å². The molecule has 0 saturated carbocycles. The standard InChI is InChI=1S/C6H6N2.Y/c1-2-3-6(4-7)5-8;/h3H,7H2,1H3;/q-2;. The molecule has 0 aliphatic heterocycles. The molecule has 0 rings (SSSR count). The Morgan fingerprint density at radius 3 is 2.44 bits per heavy atom. The molecule has 0 aromatic heterocycles. The van der Waals surface area contributed by atoms with E-state index < -0.39 is 0 Å². The maximum Gasteiger partial charge on any atom is 0 e. The molecule has 0 spiro atoms. The van der Waals surface area contributed by atoms with Gasteiger partial charge in [0, 0.05) is 32.7 Å². The summed E-state index contributed by atoms with van der Waals surface area (Å²) in [4.78, 5) is 0. The molecule has 1 radical (unpaired) electrons. The monoisotopic (exact) mass is 195 g/mol. The van der Waals surface area contributed by atoms with E-state index in [9.17, 15) is 0 Å². The normalized spacial score (nSPS) is 10.4. The average molecular weight is 195 g/mol. The molecule has 0 aromatic rings. The molecular weight excluding hydrogens is 189 g/mol. The summed E-state index contributed by atoms with van der Waals surface area (Å²) in [5.74, 6) is 0. The fraction of sp³-hybridized carbons (Fsp3) is 0.167. The molecule has 3 heteroatoms. The van der Waals surface area contributed by atoms with Crippen molar-refractivity contribution < 1.29 is 32.7 Å². The summed E-state index contributed by atoms with van der Waals surface area (Å²) in [5.41, 5.74) is 5.20. The van der Waals surface area contributed by atoms with Gasteiger partial charge in [0.25, 0.3) is 0 Å². The molecule has 9 heavy (non-hydrogen) atoms. The third kappa shape index (κ3) is 5.75. The Morgan fingerprint density at radius 2 is 2.33 bits per heavy atom. The van der Waals surface area contributed by atoms with Crippen LogP contribution in [0.15, 0.2) is 11.6 Å². The van der Waals surface area contributed by atoms with E-state index in [0.717, 1.165) is 0 Å². The van der Waals surface area contributed by atoms with Crippen LogP contribution in [-0.4, -0.2) is 0 Å². The van der Waals surface area contributed by atoms with Gasteiger partial charge in [-0.3, -0.25) is 5.57 Å². The Hall–Kier alpha value is -0.126. The second-order valence-electron chi connectivity index (χ2n) is 1.10. The van der Waals surface area contributed by atoms with Crippen LogP contribution in [-0.2, 0) is 32.7 Å². The van der Waals surface area contributed by atoms with Gasteiger partial charge in [0.05, 0.1) is 0 Å². The Labute approximate surface area is 80.3 Å². The van der Waals surface area contributed by atoms with E-state index in [0.29, 0.717) is 5.57 Å². The first-order chi connectivity index (χ1) is 3.85. The van der Waals surface area contributed by atoms with Gasteiger partial charge in [-0.15, -0.1) is 6.92 Å². The molecule has 0 unspecified atom stereocenters. The smallest absolute Gasteiger partial charge is 0 e. The Kier molecular flexibility index (Phi) is 10.2. The van der Waals surface area contributed by atoms with E-state index in [4.69, 9.17) is 11.0 Å². The van der Waals surface area contributed by atoms with Crippen LogP contribution in [0.3, 0.4) is 0 Å². The van der Waals surface area contributed by atoms with Crippen LogP contribution >= 0.6 is 0 Å². The van der Waals surface area contributed by atoms with Crippen LogP contribution in [0, 0.1) is 23.6 Å². The first-order valence-corrected chi connectivity index (χ1v) is 2.09. The number of nitrogens with two attached hydrogens (primary N) is 1. The molecule has 0 aliphatic rings. The van der Waals surface area contributed by atoms with Crippen LogP contribution in [0.2, 0.25) is 0 Å². The van der Waals surface area contributed by atoms with Gasteiger partial charge in [-0.2, -0.15) is 12.3 Å². The number of rotatable bonds is 1. The quantitative estimate of drug-likeness (QED) is 0.287. The van der Waals surface area contributed by atoms with E-state index in [2.05, 4.69) is 12.3 Å². The number of allylic oxidation sites excluding steroid dienone is 3. The zero-order chi connectivity index (χ0) is 6.41. The van der Waals surface area contributed by atoms with Crippen LogP contribution in [0.5, 0.6) is 0 Å². The molecule has 2 N–H and O–H groups in total. The first kappa shape index (κ1) is 11.6. The summed E-state index contributed by atoms with van der Waals surface area (Å²) in [6, 6.07) is 1.82. The molecule has 2 nitrogen and oxygen atoms in total. The van der Waals surface area contributed by atoms with Crippen molar-refractivity contribution in [3.63, 3.8) is 0 Å². The zero-order valence-corrected chi connectivity index (χ0v) is 8.02. The Bertz CT molecular complexity index is 153. The molecule has 0 saturated heterocycles. The summed E-state index contributed by atoms with van der Waals surface area (Å²) in [5, 5.41) is 8.16. The number of nitriles is 1. The summed E-state index contributed by atoms with van der Waals surface area (Å²) < 4.78 is 0. The molecular formula is C6H6N2Y-2. The minimum Gasteiger partial charge on any atom is -0.476 e. The minimum atomic E-state index is 0. The van der Waals surface area contributed by atoms with Crippen molar-refractivity contribution in [2.24, 2.45) is 5.73 Å². The molecule has 0 aliphatic carbocycles. The fourth-order valence-corrected chi connectivity index (χ4v) is 0.251. The van der Waals surface area contributed by atoms with E-state index >= 15 is 0 Å². The maximum absolute atomic E-state index is 8.16. The summed E-state index contributed by atoms with van der Waals surface area (Å²) in [6.07, 6.45) is 6.30. The summed E-state index contributed by atoms with van der Waals surface area (Å²) in [7, 11) is 0. The topological polar surface area (TPSA) is 49.8 Å². The van der Waals surface area contributed by atoms with Gasteiger partial charge in [0.15, 0.2) is 0 Å². The van der Waals surface area contributed by atoms with Gasteiger partial charge < -0.3 is 23.1 Å². The molecule has 0 atom stereocenters. The molecule has 45 valence electrons. The molecule has 0 amide bonds. The molecule has 0 bridgehead atoms. The van der Waals surface area contributed by atoms with Crippen LogP contribution in [0.1, 0.15) is 6.92 Å². The van der Waals surface area contributed by atoms with Crippen LogP contribution in [0.25, 0.3) is 0 Å². The minimum absolute atomic E-state index is 0. The van der Waals surface area contributed by atoms with Gasteiger partial charge in [0.1, 0.15) is 0 Å². The fourth-order valence-electron chi connectivity index (χ4n) is 0.251. The predicted molar refractivity (Wildman–Crippen MR) is 30.0 cm³/mol. The third-order valence-electron chi connectivity index (χ3n) is 0.565. The Balaban J connectivity index is 0. The van der Waals surface area contributed by atoms with E-state index in [1.165, 1.54) is 6.08 Å². The van der Waals surface area contributed by atoms with Crippen molar-refractivity contribution in [1.82, 2.24) is 0 Å². The van der Waals surface area contributed by atoms with Gasteiger partial charge in [-0.05, 0) is 0 Å². The van der Waals surface area contributed by atoms with Crippen molar-refractivity contribution in [2.45, 2.75) is 6.92 Å².